The third-order valence-corrected chi connectivity index (χ3v) is 5.09. The van der Waals surface area contributed by atoms with Crippen molar-refractivity contribution in [3.63, 3.8) is 0 Å². The lowest BCUT2D eigenvalue weighted by atomic mass is 9.94. The summed E-state index contributed by atoms with van der Waals surface area (Å²) < 4.78 is 4.27. The van der Waals surface area contributed by atoms with E-state index < -0.39 is 0 Å². The Hall–Kier alpha value is -3.79. The van der Waals surface area contributed by atoms with Gasteiger partial charge in [-0.15, -0.1) is 0 Å². The standard InChI is InChI=1S/C24H20N4/c1-2-6-19(7-3-1)22-16-26-17-23(22)24(28-15-12-25-18-28)20-8-10-21(11-9-20)27-13-4-5-14-27/h1-18,24,26H. The Morgan fingerprint density at radius 1 is 0.786 bits per heavy atom. The fraction of sp³-hybridized carbons (Fsp3) is 0.0417. The summed E-state index contributed by atoms with van der Waals surface area (Å²) in [5.41, 5.74) is 5.99. The molecule has 0 bridgehead atoms. The summed E-state index contributed by atoms with van der Waals surface area (Å²) in [6.45, 7) is 0. The molecule has 5 rings (SSSR count). The highest BCUT2D eigenvalue weighted by Crippen LogP contribution is 2.34. The van der Waals surface area contributed by atoms with Crippen LogP contribution < -0.4 is 0 Å². The summed E-state index contributed by atoms with van der Waals surface area (Å²) >= 11 is 0. The SMILES string of the molecule is c1ccc(-c2c[nH]cc2C(c2ccc(-n3cccc3)cc2)n2ccnc2)cc1. The van der Waals surface area contributed by atoms with Crippen LogP contribution in [0.4, 0.5) is 0 Å². The predicted molar refractivity (Wildman–Crippen MR) is 111 cm³/mol. The highest BCUT2D eigenvalue weighted by molar-refractivity contribution is 5.68. The van der Waals surface area contributed by atoms with Crippen LogP contribution in [0, 0.1) is 0 Å². The van der Waals surface area contributed by atoms with E-state index in [4.69, 9.17) is 0 Å². The molecule has 4 heteroatoms. The van der Waals surface area contributed by atoms with Gasteiger partial charge in [-0.2, -0.15) is 0 Å². The largest absolute Gasteiger partial charge is 0.367 e. The van der Waals surface area contributed by atoms with Crippen LogP contribution in [0.25, 0.3) is 16.8 Å². The van der Waals surface area contributed by atoms with E-state index in [1.54, 1.807) is 0 Å². The molecule has 0 saturated carbocycles. The van der Waals surface area contributed by atoms with Gasteiger partial charge in [0.15, 0.2) is 0 Å². The van der Waals surface area contributed by atoms with Crippen LogP contribution in [-0.2, 0) is 0 Å². The number of benzene rings is 2. The Labute approximate surface area is 163 Å². The molecule has 4 nitrogen and oxygen atoms in total. The van der Waals surface area contributed by atoms with Crippen LogP contribution in [0.1, 0.15) is 17.2 Å². The number of hydrogen-bond acceptors (Lipinski definition) is 1. The third kappa shape index (κ3) is 2.95. The van der Waals surface area contributed by atoms with Gasteiger partial charge in [0.2, 0.25) is 0 Å². The van der Waals surface area contributed by atoms with Gasteiger partial charge in [0, 0.05) is 54.0 Å². The summed E-state index contributed by atoms with van der Waals surface area (Å²) in [7, 11) is 0. The minimum atomic E-state index is 0.0441. The van der Waals surface area contributed by atoms with Crippen molar-refractivity contribution in [1.29, 1.82) is 0 Å². The van der Waals surface area contributed by atoms with E-state index >= 15 is 0 Å². The molecule has 136 valence electrons. The Morgan fingerprint density at radius 2 is 1.57 bits per heavy atom. The first-order chi connectivity index (χ1) is 13.9. The number of H-pyrrole nitrogens is 1. The molecule has 28 heavy (non-hydrogen) atoms. The van der Waals surface area contributed by atoms with Crippen molar-refractivity contribution < 1.29 is 0 Å². The molecular formula is C24H20N4. The number of aromatic nitrogens is 4. The first kappa shape index (κ1) is 16.4. The van der Waals surface area contributed by atoms with Gasteiger partial charge in [-0.1, -0.05) is 42.5 Å². The minimum Gasteiger partial charge on any atom is -0.367 e. The molecule has 5 aromatic rings. The van der Waals surface area contributed by atoms with Gasteiger partial charge in [0.1, 0.15) is 0 Å². The first-order valence-corrected chi connectivity index (χ1v) is 9.33. The van der Waals surface area contributed by atoms with Gasteiger partial charge >= 0.3 is 0 Å². The van der Waals surface area contributed by atoms with E-state index in [1.807, 2.05) is 36.9 Å². The lowest BCUT2D eigenvalue weighted by molar-refractivity contribution is 0.678. The molecule has 0 aliphatic carbocycles. The second-order valence-corrected chi connectivity index (χ2v) is 6.78. The van der Waals surface area contributed by atoms with Crippen LogP contribution in [0.2, 0.25) is 0 Å². The van der Waals surface area contributed by atoms with E-state index in [0.29, 0.717) is 0 Å². The lowest BCUT2D eigenvalue weighted by Gasteiger charge is -2.21. The summed E-state index contributed by atoms with van der Waals surface area (Å²) in [5, 5.41) is 0. The quantitative estimate of drug-likeness (QED) is 0.451. The predicted octanol–water partition coefficient (Wildman–Crippen LogP) is 5.31. The fourth-order valence-electron chi connectivity index (χ4n) is 3.74. The number of nitrogens with zero attached hydrogens (tertiary/aromatic N) is 3. The van der Waals surface area contributed by atoms with E-state index in [-0.39, 0.29) is 6.04 Å². The van der Waals surface area contributed by atoms with Crippen LogP contribution in [0.15, 0.2) is 110 Å². The third-order valence-electron chi connectivity index (χ3n) is 5.09. The van der Waals surface area contributed by atoms with E-state index in [0.717, 1.165) is 5.69 Å². The zero-order chi connectivity index (χ0) is 18.8. The molecule has 0 amide bonds. The van der Waals surface area contributed by atoms with E-state index in [2.05, 4.69) is 92.4 Å². The molecular weight excluding hydrogens is 344 g/mol. The Kier molecular flexibility index (Phi) is 4.14. The lowest BCUT2D eigenvalue weighted by Crippen LogP contribution is -2.11. The van der Waals surface area contributed by atoms with E-state index in [9.17, 15) is 0 Å². The maximum Gasteiger partial charge on any atom is 0.0954 e. The molecule has 3 aromatic heterocycles. The van der Waals surface area contributed by atoms with Crippen LogP contribution >= 0.6 is 0 Å². The summed E-state index contributed by atoms with van der Waals surface area (Å²) in [5.74, 6) is 0. The summed E-state index contributed by atoms with van der Waals surface area (Å²) in [6.07, 6.45) is 14.0. The second-order valence-electron chi connectivity index (χ2n) is 6.78. The average Bonchev–Trinajstić information content (AvgIpc) is 3.52. The molecule has 2 aromatic carbocycles. The molecule has 1 N–H and O–H groups in total. The van der Waals surface area contributed by atoms with Gasteiger partial charge < -0.3 is 14.1 Å². The molecule has 0 aliphatic rings. The van der Waals surface area contributed by atoms with Gasteiger partial charge in [-0.3, -0.25) is 0 Å². The van der Waals surface area contributed by atoms with Gasteiger partial charge in [-0.05, 0) is 35.4 Å². The zero-order valence-electron chi connectivity index (χ0n) is 15.3. The van der Waals surface area contributed by atoms with Crippen molar-refractivity contribution >= 4 is 0 Å². The molecule has 0 aliphatic heterocycles. The summed E-state index contributed by atoms with van der Waals surface area (Å²) in [4.78, 5) is 7.59. The van der Waals surface area contributed by atoms with Crippen LogP contribution in [0.3, 0.4) is 0 Å². The Bertz CT molecular complexity index is 1140. The van der Waals surface area contributed by atoms with Crippen molar-refractivity contribution in [3.8, 4) is 16.8 Å². The molecule has 0 radical (unpaired) electrons. The van der Waals surface area contributed by atoms with Crippen molar-refractivity contribution in [2.75, 3.05) is 0 Å². The Balaban J connectivity index is 1.60. The average molecular weight is 364 g/mol. The minimum absolute atomic E-state index is 0.0441. The van der Waals surface area contributed by atoms with E-state index in [1.165, 1.54) is 22.3 Å². The highest BCUT2D eigenvalue weighted by atomic mass is 15.1. The second kappa shape index (κ2) is 7.08. The smallest absolute Gasteiger partial charge is 0.0954 e. The first-order valence-electron chi connectivity index (χ1n) is 9.33. The molecule has 0 fully saturated rings. The van der Waals surface area contributed by atoms with Crippen LogP contribution in [0.5, 0.6) is 0 Å². The normalized spacial score (nSPS) is 12.1. The number of nitrogens with one attached hydrogen (secondary N) is 1. The van der Waals surface area contributed by atoms with Crippen molar-refractivity contribution in [3.05, 3.63) is 121 Å². The number of hydrogen-bond donors (Lipinski definition) is 1. The monoisotopic (exact) mass is 364 g/mol. The summed E-state index contributed by atoms with van der Waals surface area (Å²) in [6, 6.07) is 23.3. The van der Waals surface area contributed by atoms with Crippen molar-refractivity contribution in [2.45, 2.75) is 6.04 Å². The maximum absolute atomic E-state index is 4.29. The molecule has 3 heterocycles. The number of imidazole rings is 1. The molecule has 0 spiro atoms. The van der Waals surface area contributed by atoms with Crippen molar-refractivity contribution in [1.82, 2.24) is 19.1 Å². The highest BCUT2D eigenvalue weighted by Gasteiger charge is 2.21. The maximum atomic E-state index is 4.29. The fourth-order valence-corrected chi connectivity index (χ4v) is 3.74. The van der Waals surface area contributed by atoms with Gasteiger partial charge in [0.05, 0.1) is 12.4 Å². The molecule has 1 unspecified atom stereocenters. The number of rotatable bonds is 5. The molecule has 1 atom stereocenters. The topological polar surface area (TPSA) is 38.5 Å². The number of aromatic amines is 1. The van der Waals surface area contributed by atoms with Gasteiger partial charge in [0.25, 0.3) is 0 Å². The Morgan fingerprint density at radius 3 is 2.29 bits per heavy atom. The zero-order valence-corrected chi connectivity index (χ0v) is 15.3. The van der Waals surface area contributed by atoms with Crippen molar-refractivity contribution in [2.24, 2.45) is 0 Å². The van der Waals surface area contributed by atoms with Crippen LogP contribution in [-0.4, -0.2) is 19.1 Å². The molecule has 0 saturated heterocycles. The van der Waals surface area contributed by atoms with Gasteiger partial charge in [-0.25, -0.2) is 4.98 Å².